The van der Waals surface area contributed by atoms with Crippen molar-refractivity contribution in [3.05, 3.63) is 215 Å². The van der Waals surface area contributed by atoms with Crippen LogP contribution in [0.1, 0.15) is 114 Å². The molecule has 3 heterocycles. The van der Waals surface area contributed by atoms with Gasteiger partial charge in [-0.25, -0.2) is 13.8 Å². The topological polar surface area (TPSA) is 33.1 Å². The molecule has 1 aliphatic rings. The highest BCUT2D eigenvalue weighted by Gasteiger charge is 2.40. The van der Waals surface area contributed by atoms with E-state index in [0.717, 1.165) is 95.4 Å². The maximum absolute atomic E-state index is 15.6. The van der Waals surface area contributed by atoms with Crippen LogP contribution in [0.25, 0.3) is 61.0 Å². The number of nitrogens with zero attached hydrogens (tertiary/aromatic N) is 4. The molecule has 0 amide bonds. The van der Waals surface area contributed by atoms with E-state index in [2.05, 4.69) is 230 Å². The van der Waals surface area contributed by atoms with Crippen LogP contribution in [0.15, 0.2) is 170 Å². The van der Waals surface area contributed by atoms with E-state index in [-0.39, 0.29) is 22.7 Å². The summed E-state index contributed by atoms with van der Waals surface area (Å²) in [5.41, 5.74) is 17.1. The summed E-state index contributed by atoms with van der Waals surface area (Å²) in [7, 11) is 0. The van der Waals surface area contributed by atoms with Crippen LogP contribution >= 0.6 is 0 Å². The van der Waals surface area contributed by atoms with Crippen LogP contribution in [0, 0.1) is 25.5 Å². The first-order valence-corrected chi connectivity index (χ1v) is 26.8. The Kier molecular flexibility index (Phi) is 12.8. The van der Waals surface area contributed by atoms with E-state index in [0.29, 0.717) is 22.6 Å². The van der Waals surface area contributed by atoms with E-state index in [1.165, 1.54) is 28.8 Å². The number of aryl methyl sites for hydroxylation is 2. The molecule has 0 unspecified atom stereocenters. The molecule has 0 fully saturated rings. The van der Waals surface area contributed by atoms with Crippen molar-refractivity contribution in [2.24, 2.45) is 0 Å². The molecule has 10 aromatic rings. The van der Waals surface area contributed by atoms with Crippen molar-refractivity contribution in [2.45, 2.75) is 106 Å². The van der Waals surface area contributed by atoms with Crippen molar-refractivity contribution < 1.29 is 13.5 Å². The zero-order valence-corrected chi connectivity index (χ0v) is 46.3. The van der Waals surface area contributed by atoms with Gasteiger partial charge in [0.05, 0.1) is 28.2 Å². The Labute approximate surface area is 452 Å². The number of pyridine rings is 1. The fourth-order valence-corrected chi connectivity index (χ4v) is 10.9. The van der Waals surface area contributed by atoms with Gasteiger partial charge in [-0.2, -0.15) is 0 Å². The highest BCUT2D eigenvalue weighted by atomic mass is 19.1. The number of para-hydroxylation sites is 3. The first-order valence-electron chi connectivity index (χ1n) is 26.8. The number of hydrogen-bond acceptors (Lipinski definition) is 2. The number of rotatable bonds is 10. The van der Waals surface area contributed by atoms with Crippen LogP contribution in [0.4, 0.5) is 31.5 Å². The molecule has 7 heteroatoms. The van der Waals surface area contributed by atoms with Gasteiger partial charge in [-0.3, -0.25) is 4.57 Å². The molecular weight excluding hydrogens is 951 g/mol. The molecule has 0 radical (unpaired) electrons. The largest absolute Gasteiger partial charge is 0.503 e. The number of hydrogen-bond donors (Lipinski definition) is 0. The Bertz CT molecular complexity index is 4010. The number of ether oxygens (including phenoxy) is 1. The predicted molar refractivity (Wildman–Crippen MR) is 317 cm³/mol. The zero-order chi connectivity index (χ0) is 54.2. The molecule has 0 aliphatic carbocycles. The number of aromatic nitrogens is 2. The minimum atomic E-state index is -0.642. The average molecular weight is 1020 g/mol. The van der Waals surface area contributed by atoms with E-state index in [4.69, 9.17) is 9.72 Å². The van der Waals surface area contributed by atoms with Crippen molar-refractivity contribution in [1.29, 1.82) is 0 Å². The summed E-state index contributed by atoms with van der Waals surface area (Å²) < 4.78 is 44.7. The standard InChI is InChI=1S/C70H66F2N4O/c1-42(2)46-28-47(43(3)4)30-50(29-46)61-35-53(70(10,11)12)36-62(51-31-54(71)38-55(72)32-51)68(61)75-41-74(64-19-15-16-20-65(64)75)56-33-49(48-26-44(5)25-45(6)27-48)34-58(39-56)77-57-21-22-60-59-17-13-14-18-63(59)76(66(60)40-57)67-37-52(23-24-73-67)69(7,8)9/h13-40,42-43H,1-12H3/q+2. The van der Waals surface area contributed by atoms with E-state index in [9.17, 15) is 0 Å². The molecule has 0 atom stereocenters. The van der Waals surface area contributed by atoms with Crippen molar-refractivity contribution >= 4 is 50.6 Å². The summed E-state index contributed by atoms with van der Waals surface area (Å²) >= 11 is 0. The summed E-state index contributed by atoms with van der Waals surface area (Å²) in [6.07, 6.45) is 1.90. The van der Waals surface area contributed by atoms with Gasteiger partial charge in [0.2, 0.25) is 11.4 Å². The van der Waals surface area contributed by atoms with Gasteiger partial charge in [-0.15, -0.1) is 0 Å². The molecule has 1 aliphatic heterocycles. The highest BCUT2D eigenvalue weighted by molar-refractivity contribution is 6.09. The monoisotopic (exact) mass is 1020 g/mol. The summed E-state index contributed by atoms with van der Waals surface area (Å²) in [5.74, 6) is 1.40. The summed E-state index contributed by atoms with van der Waals surface area (Å²) in [5, 5.41) is 2.24. The molecule has 0 saturated heterocycles. The SMILES string of the molecule is Cc1cc(C)cc(-c2cc(Oc3ccc4c5ccccc5n(-c5cc(C(C)(C)C)ccn5)c4c3)cc([N+]3=C=[N+](c4c(-c5cc(F)cc(F)c5)cc(C(C)(C)C)cc4-c4cc(C(C)C)cc(C(C)C)c4)c4ccccc43)c2)c1. The lowest BCUT2D eigenvalue weighted by molar-refractivity contribution is 0.483. The third-order valence-electron chi connectivity index (χ3n) is 15.0. The van der Waals surface area contributed by atoms with Crippen LogP contribution in [0.3, 0.4) is 0 Å². The van der Waals surface area contributed by atoms with Gasteiger partial charge in [-0.05, 0) is 151 Å². The number of halogens is 2. The Balaban J connectivity index is 1.17. The molecule has 0 N–H and O–H groups in total. The maximum atomic E-state index is 15.6. The lowest BCUT2D eigenvalue weighted by atomic mass is 9.81. The second kappa shape index (κ2) is 19.4. The fourth-order valence-electron chi connectivity index (χ4n) is 10.9. The van der Waals surface area contributed by atoms with Crippen molar-refractivity contribution in [1.82, 2.24) is 18.7 Å². The highest BCUT2D eigenvalue weighted by Crippen LogP contribution is 2.48. The molecule has 77 heavy (non-hydrogen) atoms. The second-order valence-corrected chi connectivity index (χ2v) is 23.7. The Morgan fingerprint density at radius 1 is 0.506 bits per heavy atom. The van der Waals surface area contributed by atoms with Crippen molar-refractivity contribution in [3.63, 3.8) is 0 Å². The first-order chi connectivity index (χ1) is 36.7. The van der Waals surface area contributed by atoms with Crippen LogP contribution < -0.4 is 13.9 Å². The number of benzene rings is 8. The van der Waals surface area contributed by atoms with Gasteiger partial charge in [-0.1, -0.05) is 147 Å². The quantitative estimate of drug-likeness (QED) is 0.128. The molecule has 0 saturated carbocycles. The minimum Gasteiger partial charge on any atom is -0.457 e. The molecule has 2 aromatic heterocycles. The van der Waals surface area contributed by atoms with Crippen LogP contribution in [0.5, 0.6) is 11.5 Å². The molecular formula is C70H66F2N4O+2. The Morgan fingerprint density at radius 2 is 1.09 bits per heavy atom. The predicted octanol–water partition coefficient (Wildman–Crippen LogP) is 19.6. The molecule has 0 bridgehead atoms. The van der Waals surface area contributed by atoms with E-state index in [1.54, 1.807) is 0 Å². The summed E-state index contributed by atoms with van der Waals surface area (Å²) in [4.78, 5) is 4.93. The summed E-state index contributed by atoms with van der Waals surface area (Å²) in [6, 6.07) is 59.2. The molecule has 384 valence electrons. The fraction of sp³-hybridized carbons (Fsp3) is 0.229. The molecule has 8 aromatic carbocycles. The smallest absolute Gasteiger partial charge is 0.457 e. The lowest BCUT2D eigenvalue weighted by Gasteiger charge is -2.23. The lowest BCUT2D eigenvalue weighted by Crippen LogP contribution is -2.13. The van der Waals surface area contributed by atoms with Gasteiger partial charge in [0.15, 0.2) is 0 Å². The van der Waals surface area contributed by atoms with E-state index >= 15 is 8.78 Å². The van der Waals surface area contributed by atoms with Gasteiger partial charge < -0.3 is 4.74 Å². The van der Waals surface area contributed by atoms with Gasteiger partial charge in [0.1, 0.15) is 29.0 Å². The molecule has 0 spiro atoms. The Hall–Kier alpha value is -8.25. The summed E-state index contributed by atoms with van der Waals surface area (Å²) in [6.45, 7) is 26.3. The van der Waals surface area contributed by atoms with Crippen LogP contribution in [0.2, 0.25) is 0 Å². The third-order valence-corrected chi connectivity index (χ3v) is 15.0. The maximum Gasteiger partial charge on any atom is 0.503 e. The van der Waals surface area contributed by atoms with Gasteiger partial charge in [0.25, 0.3) is 11.4 Å². The van der Waals surface area contributed by atoms with Crippen molar-refractivity contribution in [2.75, 3.05) is 0 Å². The first kappa shape index (κ1) is 50.9. The van der Waals surface area contributed by atoms with E-state index in [1.807, 2.05) is 24.4 Å². The molecule has 5 nitrogen and oxygen atoms in total. The zero-order valence-electron chi connectivity index (χ0n) is 46.3. The van der Waals surface area contributed by atoms with Crippen LogP contribution in [-0.2, 0) is 10.8 Å². The minimum absolute atomic E-state index is 0.0653. The molecule has 11 rings (SSSR count). The van der Waals surface area contributed by atoms with Gasteiger partial charge in [0, 0.05) is 47.3 Å². The van der Waals surface area contributed by atoms with Crippen molar-refractivity contribution in [3.8, 4) is 50.7 Å². The normalized spacial score (nSPS) is 12.7. The second-order valence-electron chi connectivity index (χ2n) is 23.7. The third kappa shape index (κ3) is 9.81. The van der Waals surface area contributed by atoms with E-state index < -0.39 is 11.6 Å². The number of fused-ring (bicyclic) bond motifs is 4. The Morgan fingerprint density at radius 3 is 1.73 bits per heavy atom. The van der Waals surface area contributed by atoms with Gasteiger partial charge >= 0.3 is 6.01 Å². The van der Waals surface area contributed by atoms with Crippen LogP contribution in [-0.4, -0.2) is 15.6 Å². The average Bonchev–Trinajstić information content (AvgIpc) is 4.06.